The summed E-state index contributed by atoms with van der Waals surface area (Å²) in [7, 11) is 0. The average molecular weight is 226 g/mol. The van der Waals surface area contributed by atoms with E-state index in [1.165, 1.54) is 44.9 Å². The van der Waals surface area contributed by atoms with Gasteiger partial charge in [-0.3, -0.25) is 0 Å². The molecule has 2 fully saturated rings. The van der Waals surface area contributed by atoms with Gasteiger partial charge in [-0.05, 0) is 44.1 Å². The van der Waals surface area contributed by atoms with Crippen LogP contribution in [0.25, 0.3) is 0 Å². The van der Waals surface area contributed by atoms with Crippen LogP contribution in [0.2, 0.25) is 0 Å². The van der Waals surface area contributed by atoms with Crippen molar-refractivity contribution in [2.75, 3.05) is 13.2 Å². The van der Waals surface area contributed by atoms with Gasteiger partial charge >= 0.3 is 0 Å². The number of rotatable bonds is 4. The van der Waals surface area contributed by atoms with Crippen LogP contribution in [-0.4, -0.2) is 30.3 Å². The first kappa shape index (κ1) is 12.3. The van der Waals surface area contributed by atoms with E-state index in [-0.39, 0.29) is 0 Å². The SMILES string of the molecule is NCC1CCCC1NC1CCCCC1CO. The predicted molar refractivity (Wildman–Crippen MR) is 66.2 cm³/mol. The molecular formula is C13H26N2O. The van der Waals surface area contributed by atoms with Crippen LogP contribution in [0.15, 0.2) is 0 Å². The van der Waals surface area contributed by atoms with Crippen LogP contribution in [0.5, 0.6) is 0 Å². The highest BCUT2D eigenvalue weighted by Crippen LogP contribution is 2.29. The van der Waals surface area contributed by atoms with E-state index in [4.69, 9.17) is 5.73 Å². The van der Waals surface area contributed by atoms with Gasteiger partial charge in [0.05, 0.1) is 0 Å². The molecule has 4 atom stereocenters. The Balaban J connectivity index is 1.86. The second-order valence-electron chi connectivity index (χ2n) is 5.53. The van der Waals surface area contributed by atoms with Crippen molar-refractivity contribution in [3.05, 3.63) is 0 Å². The molecule has 2 aliphatic carbocycles. The number of nitrogens with two attached hydrogens (primary N) is 1. The van der Waals surface area contributed by atoms with E-state index < -0.39 is 0 Å². The molecule has 0 radical (unpaired) electrons. The summed E-state index contributed by atoms with van der Waals surface area (Å²) < 4.78 is 0. The lowest BCUT2D eigenvalue weighted by Crippen LogP contribution is -2.47. The molecule has 0 aromatic carbocycles. The molecule has 3 nitrogen and oxygen atoms in total. The average Bonchev–Trinajstić information content (AvgIpc) is 2.77. The van der Waals surface area contributed by atoms with Crippen molar-refractivity contribution in [3.63, 3.8) is 0 Å². The van der Waals surface area contributed by atoms with E-state index >= 15 is 0 Å². The fourth-order valence-electron chi connectivity index (χ4n) is 3.46. The summed E-state index contributed by atoms with van der Waals surface area (Å²) in [6.45, 7) is 1.16. The number of nitrogens with one attached hydrogen (secondary N) is 1. The van der Waals surface area contributed by atoms with Crippen LogP contribution in [0, 0.1) is 11.8 Å². The summed E-state index contributed by atoms with van der Waals surface area (Å²) in [6, 6.07) is 1.15. The largest absolute Gasteiger partial charge is 0.396 e. The zero-order chi connectivity index (χ0) is 11.4. The Morgan fingerprint density at radius 3 is 2.31 bits per heavy atom. The highest BCUT2D eigenvalue weighted by atomic mass is 16.3. The van der Waals surface area contributed by atoms with Crippen LogP contribution < -0.4 is 11.1 Å². The number of aliphatic hydroxyl groups is 1. The fourth-order valence-corrected chi connectivity index (χ4v) is 3.46. The van der Waals surface area contributed by atoms with Gasteiger partial charge in [0.25, 0.3) is 0 Å². The van der Waals surface area contributed by atoms with Gasteiger partial charge in [-0.15, -0.1) is 0 Å². The standard InChI is InChI=1S/C13H26N2O/c14-8-10-5-3-7-12(10)15-13-6-2-1-4-11(13)9-16/h10-13,15-16H,1-9,14H2. The van der Waals surface area contributed by atoms with Crippen molar-refractivity contribution in [1.29, 1.82) is 0 Å². The molecule has 0 saturated heterocycles. The quantitative estimate of drug-likeness (QED) is 0.676. The van der Waals surface area contributed by atoms with Gasteiger partial charge in [-0.1, -0.05) is 19.3 Å². The van der Waals surface area contributed by atoms with Crippen LogP contribution in [-0.2, 0) is 0 Å². The molecular weight excluding hydrogens is 200 g/mol. The topological polar surface area (TPSA) is 58.3 Å². The summed E-state index contributed by atoms with van der Waals surface area (Å²) in [6.07, 6.45) is 8.90. The Morgan fingerprint density at radius 1 is 0.938 bits per heavy atom. The highest BCUT2D eigenvalue weighted by molar-refractivity contribution is 4.89. The van der Waals surface area contributed by atoms with Crippen LogP contribution in [0.4, 0.5) is 0 Å². The molecule has 0 amide bonds. The van der Waals surface area contributed by atoms with E-state index in [9.17, 15) is 5.11 Å². The summed E-state index contributed by atoms with van der Waals surface area (Å²) in [4.78, 5) is 0. The second kappa shape index (κ2) is 5.99. The van der Waals surface area contributed by atoms with E-state index in [0.29, 0.717) is 30.5 Å². The monoisotopic (exact) mass is 226 g/mol. The van der Waals surface area contributed by atoms with Gasteiger partial charge in [0, 0.05) is 18.7 Å². The summed E-state index contributed by atoms with van der Waals surface area (Å²) in [5.74, 6) is 1.15. The zero-order valence-electron chi connectivity index (χ0n) is 10.2. The molecule has 2 rings (SSSR count). The first-order valence-corrected chi connectivity index (χ1v) is 6.92. The molecule has 0 aromatic heterocycles. The maximum Gasteiger partial charge on any atom is 0.0474 e. The normalized spacial score (nSPS) is 40.1. The molecule has 4 N–H and O–H groups in total. The molecule has 94 valence electrons. The van der Waals surface area contributed by atoms with Gasteiger partial charge < -0.3 is 16.2 Å². The van der Waals surface area contributed by atoms with Gasteiger partial charge in [-0.25, -0.2) is 0 Å². The zero-order valence-corrected chi connectivity index (χ0v) is 10.2. The van der Waals surface area contributed by atoms with Crippen molar-refractivity contribution in [1.82, 2.24) is 5.32 Å². The Hall–Kier alpha value is -0.120. The third kappa shape index (κ3) is 2.76. The minimum Gasteiger partial charge on any atom is -0.396 e. The molecule has 3 heteroatoms. The van der Waals surface area contributed by atoms with E-state index in [0.717, 1.165) is 6.54 Å². The van der Waals surface area contributed by atoms with Gasteiger partial charge in [-0.2, -0.15) is 0 Å². The third-order valence-corrected chi connectivity index (χ3v) is 4.53. The Bertz CT molecular complexity index is 210. The first-order chi connectivity index (χ1) is 7.85. The lowest BCUT2D eigenvalue weighted by Gasteiger charge is -2.34. The maximum atomic E-state index is 9.39. The molecule has 0 bridgehead atoms. The van der Waals surface area contributed by atoms with Crippen LogP contribution in [0.1, 0.15) is 44.9 Å². The van der Waals surface area contributed by atoms with E-state index in [1.807, 2.05) is 0 Å². The van der Waals surface area contributed by atoms with E-state index in [2.05, 4.69) is 5.32 Å². The molecule has 2 aliphatic rings. The lowest BCUT2D eigenvalue weighted by atomic mass is 9.84. The van der Waals surface area contributed by atoms with Crippen molar-refractivity contribution < 1.29 is 5.11 Å². The Morgan fingerprint density at radius 2 is 1.56 bits per heavy atom. The minimum absolute atomic E-state index is 0.345. The third-order valence-electron chi connectivity index (χ3n) is 4.53. The maximum absolute atomic E-state index is 9.39. The van der Waals surface area contributed by atoms with Crippen molar-refractivity contribution in [3.8, 4) is 0 Å². The van der Waals surface area contributed by atoms with Gasteiger partial charge in [0.2, 0.25) is 0 Å². The molecule has 4 unspecified atom stereocenters. The Kier molecular flexibility index (Phi) is 4.62. The summed E-state index contributed by atoms with van der Waals surface area (Å²) in [5.41, 5.74) is 5.81. The van der Waals surface area contributed by atoms with Crippen LogP contribution in [0.3, 0.4) is 0 Å². The number of hydrogen-bond acceptors (Lipinski definition) is 3. The predicted octanol–water partition coefficient (Wildman–Crippen LogP) is 1.25. The van der Waals surface area contributed by atoms with Gasteiger partial charge in [0.1, 0.15) is 0 Å². The molecule has 0 aliphatic heterocycles. The second-order valence-corrected chi connectivity index (χ2v) is 5.53. The highest BCUT2D eigenvalue weighted by Gasteiger charge is 2.31. The first-order valence-electron chi connectivity index (χ1n) is 6.92. The van der Waals surface area contributed by atoms with Crippen LogP contribution >= 0.6 is 0 Å². The van der Waals surface area contributed by atoms with Crippen molar-refractivity contribution in [2.45, 2.75) is 57.0 Å². The Labute approximate surface area is 98.8 Å². The molecule has 0 spiro atoms. The lowest BCUT2D eigenvalue weighted by molar-refractivity contribution is 0.141. The van der Waals surface area contributed by atoms with E-state index in [1.54, 1.807) is 0 Å². The molecule has 2 saturated carbocycles. The molecule has 0 aromatic rings. The number of aliphatic hydroxyl groups excluding tert-OH is 1. The number of hydrogen-bond donors (Lipinski definition) is 3. The van der Waals surface area contributed by atoms with Crippen molar-refractivity contribution >= 4 is 0 Å². The molecule has 0 heterocycles. The summed E-state index contributed by atoms with van der Waals surface area (Å²) in [5, 5.41) is 13.2. The molecule has 16 heavy (non-hydrogen) atoms. The van der Waals surface area contributed by atoms with Crippen molar-refractivity contribution in [2.24, 2.45) is 17.6 Å². The smallest absolute Gasteiger partial charge is 0.0474 e. The van der Waals surface area contributed by atoms with Gasteiger partial charge in [0.15, 0.2) is 0 Å². The minimum atomic E-state index is 0.345. The fraction of sp³-hybridized carbons (Fsp3) is 1.00. The summed E-state index contributed by atoms with van der Waals surface area (Å²) >= 11 is 0.